The first-order valence-electron chi connectivity index (χ1n) is 7.37. The van der Waals surface area contributed by atoms with Crippen LogP contribution in [0.1, 0.15) is 30.9 Å². The van der Waals surface area contributed by atoms with E-state index in [-0.39, 0.29) is 6.04 Å². The van der Waals surface area contributed by atoms with E-state index >= 15 is 0 Å². The molecule has 0 spiro atoms. The second kappa shape index (κ2) is 5.81. The third kappa shape index (κ3) is 2.94. The number of hydrogen-bond donors (Lipinski definition) is 3. The molecule has 0 amide bonds. The van der Waals surface area contributed by atoms with Gasteiger partial charge >= 0.3 is 0 Å². The van der Waals surface area contributed by atoms with E-state index in [4.69, 9.17) is 0 Å². The molecule has 3 heteroatoms. The predicted molar refractivity (Wildman–Crippen MR) is 81.2 cm³/mol. The average molecular weight is 270 g/mol. The lowest BCUT2D eigenvalue weighted by molar-refractivity contribution is 0.00947. The smallest absolute Gasteiger partial charge is 0.0726 e. The Balaban J connectivity index is 1.79. The van der Waals surface area contributed by atoms with E-state index in [1.807, 2.05) is 18.3 Å². The second-order valence-electron chi connectivity index (χ2n) is 5.76. The van der Waals surface area contributed by atoms with Gasteiger partial charge in [-0.15, -0.1) is 0 Å². The number of nitrogens with one attached hydrogen (secondary N) is 2. The van der Waals surface area contributed by atoms with Gasteiger partial charge in [0.15, 0.2) is 0 Å². The van der Waals surface area contributed by atoms with Crippen molar-refractivity contribution in [3.05, 3.63) is 59.8 Å². The van der Waals surface area contributed by atoms with E-state index in [1.54, 1.807) is 0 Å². The van der Waals surface area contributed by atoms with Gasteiger partial charge in [0.2, 0.25) is 0 Å². The number of hydrogen-bond acceptors (Lipinski definition) is 3. The zero-order chi connectivity index (χ0) is 13.8. The maximum Gasteiger partial charge on any atom is 0.0726 e. The van der Waals surface area contributed by atoms with Crippen molar-refractivity contribution in [3.63, 3.8) is 0 Å². The molecular weight excluding hydrogens is 248 g/mol. The van der Waals surface area contributed by atoms with Crippen LogP contribution in [0, 0.1) is 0 Å². The van der Waals surface area contributed by atoms with E-state index in [0.717, 1.165) is 32.4 Å². The monoisotopic (exact) mass is 270 g/mol. The number of benzene rings is 1. The van der Waals surface area contributed by atoms with Crippen molar-refractivity contribution in [2.45, 2.75) is 30.9 Å². The molecule has 2 aliphatic heterocycles. The number of piperidine rings is 1. The van der Waals surface area contributed by atoms with Crippen molar-refractivity contribution in [2.24, 2.45) is 0 Å². The minimum atomic E-state index is -0.559. The van der Waals surface area contributed by atoms with Gasteiger partial charge in [-0.25, -0.2) is 0 Å². The highest BCUT2D eigenvalue weighted by atomic mass is 16.3. The standard InChI is InChI=1S/C17H22N2O/c20-17(8-11-18-12-9-17)13-15-7-4-10-19-16(15)14-5-2-1-3-6-14/h1-7,10,16,18-20H,8-9,11-13H2. The van der Waals surface area contributed by atoms with Crippen molar-refractivity contribution in [3.8, 4) is 0 Å². The lowest BCUT2D eigenvalue weighted by Gasteiger charge is -2.36. The highest BCUT2D eigenvalue weighted by Crippen LogP contribution is 2.34. The summed E-state index contributed by atoms with van der Waals surface area (Å²) in [5.41, 5.74) is 1.96. The van der Waals surface area contributed by atoms with Gasteiger partial charge in [-0.1, -0.05) is 36.4 Å². The summed E-state index contributed by atoms with van der Waals surface area (Å²) in [6.07, 6.45) is 8.55. The highest BCUT2D eigenvalue weighted by Gasteiger charge is 2.32. The van der Waals surface area contributed by atoms with Crippen LogP contribution < -0.4 is 10.6 Å². The number of allylic oxidation sites excluding steroid dienone is 2. The van der Waals surface area contributed by atoms with Crippen LogP contribution in [0.3, 0.4) is 0 Å². The maximum absolute atomic E-state index is 10.8. The quantitative estimate of drug-likeness (QED) is 0.789. The summed E-state index contributed by atoms with van der Waals surface area (Å²) >= 11 is 0. The van der Waals surface area contributed by atoms with E-state index in [9.17, 15) is 5.11 Å². The van der Waals surface area contributed by atoms with Gasteiger partial charge < -0.3 is 15.7 Å². The summed E-state index contributed by atoms with van der Waals surface area (Å²) in [6, 6.07) is 10.6. The SMILES string of the molecule is OC1(CC2=CC=CNC2c2ccccc2)CCNCC1. The van der Waals surface area contributed by atoms with Crippen LogP contribution in [0.4, 0.5) is 0 Å². The molecule has 20 heavy (non-hydrogen) atoms. The van der Waals surface area contributed by atoms with E-state index in [2.05, 4.69) is 41.0 Å². The minimum absolute atomic E-state index is 0.181. The van der Waals surface area contributed by atoms with Crippen molar-refractivity contribution >= 4 is 0 Å². The van der Waals surface area contributed by atoms with Gasteiger partial charge in [-0.05, 0) is 55.8 Å². The molecule has 0 aliphatic carbocycles. The molecule has 0 saturated carbocycles. The summed E-state index contributed by atoms with van der Waals surface area (Å²) in [5, 5.41) is 17.5. The number of rotatable bonds is 3. The molecule has 1 unspecified atom stereocenters. The van der Waals surface area contributed by atoms with Crippen LogP contribution in [0.25, 0.3) is 0 Å². The number of aliphatic hydroxyl groups is 1. The first-order valence-corrected chi connectivity index (χ1v) is 7.37. The molecule has 1 aromatic rings. The molecule has 0 aromatic heterocycles. The van der Waals surface area contributed by atoms with Crippen LogP contribution in [0.5, 0.6) is 0 Å². The molecule has 3 N–H and O–H groups in total. The maximum atomic E-state index is 10.8. The van der Waals surface area contributed by atoms with E-state index < -0.39 is 5.60 Å². The number of dihydropyridines is 1. The van der Waals surface area contributed by atoms with Gasteiger partial charge in [-0.3, -0.25) is 0 Å². The van der Waals surface area contributed by atoms with Crippen LogP contribution >= 0.6 is 0 Å². The Labute approximate surface area is 120 Å². The summed E-state index contributed by atoms with van der Waals surface area (Å²) in [7, 11) is 0. The Hall–Kier alpha value is -1.58. The Bertz CT molecular complexity index is 501. The lowest BCUT2D eigenvalue weighted by Crippen LogP contribution is -2.43. The summed E-state index contributed by atoms with van der Waals surface area (Å²) < 4.78 is 0. The lowest BCUT2D eigenvalue weighted by atomic mass is 9.82. The molecule has 3 nitrogen and oxygen atoms in total. The zero-order valence-electron chi connectivity index (χ0n) is 11.7. The molecule has 2 aliphatic rings. The summed E-state index contributed by atoms with van der Waals surface area (Å²) in [4.78, 5) is 0. The summed E-state index contributed by atoms with van der Waals surface area (Å²) in [6.45, 7) is 1.81. The molecule has 1 fully saturated rings. The summed E-state index contributed by atoms with van der Waals surface area (Å²) in [5.74, 6) is 0. The molecule has 0 radical (unpaired) electrons. The van der Waals surface area contributed by atoms with Gasteiger partial charge in [0.25, 0.3) is 0 Å². The second-order valence-corrected chi connectivity index (χ2v) is 5.76. The van der Waals surface area contributed by atoms with E-state index in [1.165, 1.54) is 11.1 Å². The molecule has 0 bridgehead atoms. The fraction of sp³-hybridized carbons (Fsp3) is 0.412. The zero-order valence-corrected chi connectivity index (χ0v) is 11.7. The molecule has 3 rings (SSSR count). The van der Waals surface area contributed by atoms with Crippen LogP contribution in [-0.4, -0.2) is 23.8 Å². The van der Waals surface area contributed by atoms with Crippen LogP contribution in [0.15, 0.2) is 54.3 Å². The first kappa shape index (κ1) is 13.4. The van der Waals surface area contributed by atoms with Gasteiger partial charge in [-0.2, -0.15) is 0 Å². The van der Waals surface area contributed by atoms with Crippen LogP contribution in [-0.2, 0) is 0 Å². The Morgan fingerprint density at radius 3 is 2.65 bits per heavy atom. The minimum Gasteiger partial charge on any atom is -0.389 e. The fourth-order valence-electron chi connectivity index (χ4n) is 3.09. The molecule has 1 saturated heterocycles. The molecule has 106 valence electrons. The van der Waals surface area contributed by atoms with Gasteiger partial charge in [0.05, 0.1) is 11.6 Å². The normalized spacial score (nSPS) is 24.9. The third-order valence-corrected chi connectivity index (χ3v) is 4.24. The Kier molecular flexibility index (Phi) is 3.90. The van der Waals surface area contributed by atoms with Gasteiger partial charge in [0, 0.05) is 0 Å². The van der Waals surface area contributed by atoms with Crippen molar-refractivity contribution in [1.82, 2.24) is 10.6 Å². The Morgan fingerprint density at radius 1 is 1.15 bits per heavy atom. The van der Waals surface area contributed by atoms with Crippen molar-refractivity contribution < 1.29 is 5.11 Å². The van der Waals surface area contributed by atoms with Crippen LogP contribution in [0.2, 0.25) is 0 Å². The molecule has 2 heterocycles. The molecule has 1 atom stereocenters. The van der Waals surface area contributed by atoms with E-state index in [0.29, 0.717) is 0 Å². The van der Waals surface area contributed by atoms with Gasteiger partial charge in [0.1, 0.15) is 0 Å². The average Bonchev–Trinajstić information content (AvgIpc) is 2.49. The Morgan fingerprint density at radius 2 is 1.90 bits per heavy atom. The highest BCUT2D eigenvalue weighted by molar-refractivity contribution is 5.34. The molecule has 1 aromatic carbocycles. The van der Waals surface area contributed by atoms with Crippen molar-refractivity contribution in [2.75, 3.05) is 13.1 Å². The third-order valence-electron chi connectivity index (χ3n) is 4.24. The topological polar surface area (TPSA) is 44.3 Å². The fourth-order valence-corrected chi connectivity index (χ4v) is 3.09. The van der Waals surface area contributed by atoms with Crippen molar-refractivity contribution in [1.29, 1.82) is 0 Å². The first-order chi connectivity index (χ1) is 9.77. The molecular formula is C17H22N2O. The largest absolute Gasteiger partial charge is 0.389 e. The predicted octanol–water partition coefficient (Wildman–Crippen LogP) is 2.28.